The molecule has 12 heteroatoms. The Morgan fingerprint density at radius 3 is 2.71 bits per heavy atom. The van der Waals surface area contributed by atoms with E-state index in [1.807, 2.05) is 23.1 Å². The molecule has 1 N–H and O–H groups in total. The Bertz CT molecular complexity index is 920. The lowest BCUT2D eigenvalue weighted by Crippen LogP contribution is -2.38. The monoisotopic (exact) mass is 443 g/mol. The first-order chi connectivity index (χ1) is 14.6. The number of hydrogen-bond acceptors (Lipinski definition) is 7. The first-order valence-electron chi connectivity index (χ1n) is 9.25. The standard InChI is InChI=1S/C17H19N3O4.C2HF3O2/c1-12-6-14(24-19-12)16(21)20-7-13-8-22-10-17(13,9-20)11-23-15-4-2-3-5-18-15;3-2(4,5)1(6)7/h2-6,13H,7-11H2,1H3;(H,6,7)/t13-,17+;/m1./s1. The maximum absolute atomic E-state index is 12.6. The molecule has 168 valence electrons. The van der Waals surface area contributed by atoms with Crippen LogP contribution in [0.15, 0.2) is 35.0 Å². The van der Waals surface area contributed by atoms with Crippen LogP contribution in [0.4, 0.5) is 13.2 Å². The molecule has 9 nitrogen and oxygen atoms in total. The summed E-state index contributed by atoms with van der Waals surface area (Å²) in [4.78, 5) is 27.5. The minimum atomic E-state index is -5.08. The second-order valence-electron chi connectivity index (χ2n) is 7.35. The summed E-state index contributed by atoms with van der Waals surface area (Å²) >= 11 is 0. The number of ether oxygens (including phenoxy) is 2. The molecule has 2 aromatic heterocycles. The Morgan fingerprint density at radius 2 is 2.13 bits per heavy atom. The van der Waals surface area contributed by atoms with E-state index in [0.717, 1.165) is 0 Å². The summed E-state index contributed by atoms with van der Waals surface area (Å²) in [5.41, 5.74) is 0.511. The largest absolute Gasteiger partial charge is 0.490 e. The van der Waals surface area contributed by atoms with Crippen molar-refractivity contribution >= 4 is 11.9 Å². The number of pyridine rings is 1. The van der Waals surface area contributed by atoms with Crippen LogP contribution in [0.3, 0.4) is 0 Å². The van der Waals surface area contributed by atoms with E-state index >= 15 is 0 Å². The molecule has 0 aliphatic carbocycles. The first kappa shape index (κ1) is 22.5. The molecule has 2 saturated heterocycles. The number of aryl methyl sites for hydroxylation is 1. The third-order valence-electron chi connectivity index (χ3n) is 5.03. The minimum Gasteiger partial charge on any atom is -0.477 e. The van der Waals surface area contributed by atoms with Crippen molar-refractivity contribution < 1.29 is 41.9 Å². The predicted molar refractivity (Wildman–Crippen MR) is 97.3 cm³/mol. The van der Waals surface area contributed by atoms with Gasteiger partial charge in [-0.25, -0.2) is 9.78 Å². The van der Waals surface area contributed by atoms with Crippen molar-refractivity contribution in [2.24, 2.45) is 11.3 Å². The van der Waals surface area contributed by atoms with Crippen molar-refractivity contribution in [1.29, 1.82) is 0 Å². The van der Waals surface area contributed by atoms with Gasteiger partial charge in [-0.05, 0) is 13.0 Å². The van der Waals surface area contributed by atoms with Gasteiger partial charge in [0.1, 0.15) is 0 Å². The van der Waals surface area contributed by atoms with Gasteiger partial charge in [0.05, 0.1) is 30.9 Å². The summed E-state index contributed by atoms with van der Waals surface area (Å²) in [5, 5.41) is 10.9. The van der Waals surface area contributed by atoms with Crippen LogP contribution in [0.25, 0.3) is 0 Å². The third kappa shape index (κ3) is 5.32. The number of likely N-dealkylation sites (tertiary alicyclic amines) is 1. The summed E-state index contributed by atoms with van der Waals surface area (Å²) in [5.74, 6) is -1.74. The smallest absolute Gasteiger partial charge is 0.477 e. The maximum atomic E-state index is 12.6. The SMILES string of the molecule is Cc1cc(C(=O)N2C[C@@H]3COC[C@]3(COc3ccccn3)C2)on1.O=C(O)C(F)(F)F. The third-order valence-corrected chi connectivity index (χ3v) is 5.03. The number of halogens is 3. The summed E-state index contributed by atoms with van der Waals surface area (Å²) in [6.07, 6.45) is -3.38. The molecular formula is C19H20F3N3O6. The maximum Gasteiger partial charge on any atom is 0.490 e. The van der Waals surface area contributed by atoms with Gasteiger partial charge in [-0.2, -0.15) is 13.2 Å². The van der Waals surface area contributed by atoms with Crippen molar-refractivity contribution in [1.82, 2.24) is 15.0 Å². The van der Waals surface area contributed by atoms with Gasteiger partial charge in [0.15, 0.2) is 0 Å². The molecule has 0 radical (unpaired) electrons. The Balaban J connectivity index is 0.000000339. The summed E-state index contributed by atoms with van der Waals surface area (Å²) in [6, 6.07) is 7.24. The summed E-state index contributed by atoms with van der Waals surface area (Å²) < 4.78 is 48.4. The molecule has 4 rings (SSSR count). The van der Waals surface area contributed by atoms with E-state index in [-0.39, 0.29) is 23.0 Å². The number of alkyl halides is 3. The number of rotatable bonds is 4. The molecular weight excluding hydrogens is 423 g/mol. The lowest BCUT2D eigenvalue weighted by atomic mass is 9.82. The average molecular weight is 443 g/mol. The van der Waals surface area contributed by atoms with E-state index < -0.39 is 12.1 Å². The topological polar surface area (TPSA) is 115 Å². The number of carbonyl (C=O) groups is 2. The number of aliphatic carboxylic acids is 1. The van der Waals surface area contributed by atoms with Gasteiger partial charge >= 0.3 is 12.1 Å². The second-order valence-corrected chi connectivity index (χ2v) is 7.35. The molecule has 0 aromatic carbocycles. The zero-order chi connectivity index (χ0) is 22.6. The van der Waals surface area contributed by atoms with Crippen LogP contribution in [-0.4, -0.2) is 71.1 Å². The van der Waals surface area contributed by atoms with Gasteiger partial charge in [-0.3, -0.25) is 4.79 Å². The van der Waals surface area contributed by atoms with E-state index in [1.165, 1.54) is 0 Å². The van der Waals surface area contributed by atoms with Crippen LogP contribution in [0.1, 0.15) is 16.2 Å². The molecule has 4 heterocycles. The molecule has 0 saturated carbocycles. The highest BCUT2D eigenvalue weighted by atomic mass is 19.4. The molecule has 2 atom stereocenters. The van der Waals surface area contributed by atoms with E-state index in [0.29, 0.717) is 44.5 Å². The van der Waals surface area contributed by atoms with Crippen LogP contribution >= 0.6 is 0 Å². The number of fused-ring (bicyclic) bond motifs is 1. The van der Waals surface area contributed by atoms with Crippen molar-refractivity contribution in [2.75, 3.05) is 32.9 Å². The Hall–Kier alpha value is -3.15. The summed E-state index contributed by atoms with van der Waals surface area (Å²) in [7, 11) is 0. The normalized spacial score (nSPS) is 22.5. The van der Waals surface area contributed by atoms with E-state index in [1.54, 1.807) is 19.2 Å². The number of nitrogens with zero attached hydrogens (tertiary/aromatic N) is 3. The van der Waals surface area contributed by atoms with Crippen molar-refractivity contribution in [3.05, 3.63) is 41.9 Å². The zero-order valence-corrected chi connectivity index (χ0v) is 16.5. The van der Waals surface area contributed by atoms with Crippen LogP contribution < -0.4 is 4.74 Å². The number of aromatic nitrogens is 2. The van der Waals surface area contributed by atoms with E-state index in [9.17, 15) is 18.0 Å². The van der Waals surface area contributed by atoms with Gasteiger partial charge in [-0.1, -0.05) is 11.2 Å². The highest BCUT2D eigenvalue weighted by Crippen LogP contribution is 2.42. The van der Waals surface area contributed by atoms with Crippen molar-refractivity contribution in [2.45, 2.75) is 13.1 Å². The number of hydrogen-bond donors (Lipinski definition) is 1. The Morgan fingerprint density at radius 1 is 1.39 bits per heavy atom. The molecule has 31 heavy (non-hydrogen) atoms. The molecule has 2 fully saturated rings. The fourth-order valence-corrected chi connectivity index (χ4v) is 3.46. The molecule has 2 aliphatic rings. The summed E-state index contributed by atoms with van der Waals surface area (Å²) in [6.45, 7) is 4.74. The fourth-order valence-electron chi connectivity index (χ4n) is 3.46. The van der Waals surface area contributed by atoms with Gasteiger partial charge in [0, 0.05) is 37.3 Å². The first-order valence-corrected chi connectivity index (χ1v) is 9.25. The van der Waals surface area contributed by atoms with E-state index in [2.05, 4.69) is 10.1 Å². The van der Waals surface area contributed by atoms with Crippen LogP contribution in [0.5, 0.6) is 5.88 Å². The zero-order valence-electron chi connectivity index (χ0n) is 16.5. The van der Waals surface area contributed by atoms with Crippen molar-refractivity contribution in [3.63, 3.8) is 0 Å². The molecule has 1 amide bonds. The number of carboxylic acid groups (broad SMARTS) is 1. The number of carboxylic acids is 1. The van der Waals surface area contributed by atoms with Gasteiger partial charge in [-0.15, -0.1) is 0 Å². The van der Waals surface area contributed by atoms with Gasteiger partial charge in [0.2, 0.25) is 11.6 Å². The fraction of sp³-hybridized carbons (Fsp3) is 0.474. The highest BCUT2D eigenvalue weighted by molar-refractivity contribution is 5.91. The molecule has 0 spiro atoms. The van der Waals surface area contributed by atoms with Crippen LogP contribution in [0.2, 0.25) is 0 Å². The van der Waals surface area contributed by atoms with Gasteiger partial charge < -0.3 is 24.0 Å². The minimum absolute atomic E-state index is 0.123. The molecule has 0 unspecified atom stereocenters. The number of carbonyl (C=O) groups excluding carboxylic acids is 1. The van der Waals surface area contributed by atoms with Crippen LogP contribution in [0, 0.1) is 18.3 Å². The average Bonchev–Trinajstić information content (AvgIpc) is 3.40. The van der Waals surface area contributed by atoms with Crippen molar-refractivity contribution in [3.8, 4) is 5.88 Å². The Kier molecular flexibility index (Phi) is 6.48. The second kappa shape index (κ2) is 8.92. The number of amides is 1. The van der Waals surface area contributed by atoms with Gasteiger partial charge in [0.25, 0.3) is 5.91 Å². The predicted octanol–water partition coefficient (Wildman–Crippen LogP) is 2.18. The van der Waals surface area contributed by atoms with E-state index in [4.69, 9.17) is 23.9 Å². The highest BCUT2D eigenvalue weighted by Gasteiger charge is 2.53. The lowest BCUT2D eigenvalue weighted by Gasteiger charge is -2.26. The quantitative estimate of drug-likeness (QED) is 0.765. The molecule has 0 bridgehead atoms. The molecule has 2 aromatic rings. The Labute approximate surface area is 174 Å². The molecule has 2 aliphatic heterocycles. The van der Waals surface area contributed by atoms with Crippen LogP contribution in [-0.2, 0) is 9.53 Å². The lowest BCUT2D eigenvalue weighted by molar-refractivity contribution is -0.192.